The maximum absolute atomic E-state index is 11.1. The molecule has 0 aliphatic rings. The van der Waals surface area contributed by atoms with Crippen molar-refractivity contribution in [3.8, 4) is 5.69 Å². The van der Waals surface area contributed by atoms with Gasteiger partial charge in [0.15, 0.2) is 0 Å². The number of carbonyl (C=O) groups is 1. The number of nitrogens with zero attached hydrogens (tertiary/aromatic N) is 4. The molecule has 9 heteroatoms. The lowest BCUT2D eigenvalue weighted by atomic mass is 10.3. The van der Waals surface area contributed by atoms with Crippen molar-refractivity contribution in [2.24, 2.45) is 0 Å². The maximum Gasteiger partial charge on any atom is 0.407 e. The molecule has 1 aromatic carbocycles. The second-order valence-corrected chi connectivity index (χ2v) is 7.28. The monoisotopic (exact) mass is 408 g/mol. The molecule has 134 valence electrons. The fourth-order valence-corrected chi connectivity index (χ4v) is 3.44. The highest BCUT2D eigenvalue weighted by Crippen LogP contribution is 2.32. The van der Waals surface area contributed by atoms with Crippen molar-refractivity contribution in [2.45, 2.75) is 16.5 Å². The van der Waals surface area contributed by atoms with Crippen LogP contribution in [0.4, 0.5) is 4.79 Å². The number of hydrogen-bond acceptors (Lipinski definition) is 4. The second-order valence-electron chi connectivity index (χ2n) is 5.39. The molecule has 1 amide bonds. The van der Waals surface area contributed by atoms with Gasteiger partial charge in [-0.05, 0) is 30.3 Å². The number of halogens is 2. The number of pyridine rings is 1. The van der Waals surface area contributed by atoms with Gasteiger partial charge in [-0.25, -0.2) is 14.5 Å². The van der Waals surface area contributed by atoms with Gasteiger partial charge in [0.05, 0.1) is 22.9 Å². The number of benzene rings is 1. The van der Waals surface area contributed by atoms with E-state index in [1.807, 2.05) is 30.3 Å². The second kappa shape index (κ2) is 7.99. The zero-order valence-corrected chi connectivity index (χ0v) is 16.0. The summed E-state index contributed by atoms with van der Waals surface area (Å²) in [6, 6.07) is 12.7. The van der Waals surface area contributed by atoms with E-state index in [0.717, 1.165) is 14.8 Å². The highest BCUT2D eigenvalue weighted by Gasteiger charge is 2.16. The van der Waals surface area contributed by atoms with E-state index in [2.05, 4.69) is 10.1 Å². The first-order valence-corrected chi connectivity index (χ1v) is 9.08. The van der Waals surface area contributed by atoms with E-state index < -0.39 is 6.09 Å². The molecule has 6 nitrogen and oxygen atoms in total. The van der Waals surface area contributed by atoms with E-state index in [1.165, 1.54) is 18.8 Å². The zero-order chi connectivity index (χ0) is 18.7. The molecule has 0 bridgehead atoms. The van der Waals surface area contributed by atoms with Crippen LogP contribution in [0.3, 0.4) is 0 Å². The van der Waals surface area contributed by atoms with Gasteiger partial charge in [-0.2, -0.15) is 5.10 Å². The number of carboxylic acid groups (broad SMARTS) is 1. The standard InChI is InChI=1S/C17H14Cl2N4O2S/c1-22(17(24)25)10-11-8-16(26-12-6-7-15(19)20-9-12)23(21-11)14-5-3-2-4-13(14)18/h2-9H,10H2,1H3,(H,24,25). The van der Waals surface area contributed by atoms with Crippen LogP contribution in [0.5, 0.6) is 0 Å². The van der Waals surface area contributed by atoms with E-state index >= 15 is 0 Å². The van der Waals surface area contributed by atoms with Crippen molar-refractivity contribution in [3.63, 3.8) is 0 Å². The summed E-state index contributed by atoms with van der Waals surface area (Å²) >= 11 is 13.6. The molecule has 3 aromatic rings. The molecule has 3 rings (SSSR count). The van der Waals surface area contributed by atoms with E-state index in [4.69, 9.17) is 28.3 Å². The molecule has 26 heavy (non-hydrogen) atoms. The van der Waals surface area contributed by atoms with Gasteiger partial charge in [0.25, 0.3) is 0 Å². The summed E-state index contributed by atoms with van der Waals surface area (Å²) in [6.45, 7) is 0.166. The molecule has 2 aromatic heterocycles. The van der Waals surface area contributed by atoms with Crippen molar-refractivity contribution in [1.29, 1.82) is 0 Å². The first-order chi connectivity index (χ1) is 12.4. The van der Waals surface area contributed by atoms with Crippen LogP contribution in [0.1, 0.15) is 5.69 Å². The van der Waals surface area contributed by atoms with Crippen LogP contribution in [0, 0.1) is 0 Å². The Labute approximate surface area is 164 Å². The van der Waals surface area contributed by atoms with Gasteiger partial charge in [-0.15, -0.1) is 0 Å². The molecule has 0 spiro atoms. The van der Waals surface area contributed by atoms with Gasteiger partial charge in [-0.3, -0.25) is 0 Å². The molecule has 0 radical (unpaired) electrons. The molecule has 0 atom stereocenters. The summed E-state index contributed by atoms with van der Waals surface area (Å²) in [5.41, 5.74) is 1.32. The van der Waals surface area contributed by atoms with E-state index in [1.54, 1.807) is 23.0 Å². The average Bonchev–Trinajstić information content (AvgIpc) is 2.99. The summed E-state index contributed by atoms with van der Waals surface area (Å²) in [6.07, 6.45) is 0.647. The van der Waals surface area contributed by atoms with Crippen molar-refractivity contribution >= 4 is 41.1 Å². The summed E-state index contributed by atoms with van der Waals surface area (Å²) in [4.78, 5) is 17.2. The largest absolute Gasteiger partial charge is 0.465 e. The van der Waals surface area contributed by atoms with E-state index in [0.29, 0.717) is 21.6 Å². The summed E-state index contributed by atoms with van der Waals surface area (Å²) < 4.78 is 1.70. The lowest BCUT2D eigenvalue weighted by Crippen LogP contribution is -2.24. The summed E-state index contributed by atoms with van der Waals surface area (Å²) in [5.74, 6) is 0. The number of amides is 1. The SMILES string of the molecule is CN(Cc1cc(Sc2ccc(Cl)nc2)n(-c2ccccc2Cl)n1)C(=O)O. The van der Waals surface area contributed by atoms with Crippen LogP contribution in [-0.4, -0.2) is 37.9 Å². The van der Waals surface area contributed by atoms with Gasteiger partial charge in [0.2, 0.25) is 0 Å². The Hall–Kier alpha value is -2.22. The fourth-order valence-electron chi connectivity index (χ4n) is 2.21. The fraction of sp³-hybridized carbons (Fsp3) is 0.118. The third-order valence-corrected chi connectivity index (χ3v) is 4.98. The lowest BCUT2D eigenvalue weighted by molar-refractivity contribution is 0.153. The van der Waals surface area contributed by atoms with Crippen LogP contribution >= 0.6 is 35.0 Å². The molecule has 0 fully saturated rings. The Morgan fingerprint density at radius 2 is 2.04 bits per heavy atom. The predicted octanol–water partition coefficient (Wildman–Crippen LogP) is 4.84. The highest BCUT2D eigenvalue weighted by atomic mass is 35.5. The topological polar surface area (TPSA) is 71.2 Å². The van der Waals surface area contributed by atoms with E-state index in [-0.39, 0.29) is 6.54 Å². The Morgan fingerprint density at radius 1 is 1.27 bits per heavy atom. The Bertz CT molecular complexity index is 931. The Morgan fingerprint density at radius 3 is 2.69 bits per heavy atom. The number of aromatic nitrogens is 3. The summed E-state index contributed by atoms with van der Waals surface area (Å²) in [5, 5.41) is 15.4. The molecule has 0 aliphatic carbocycles. The molecule has 2 heterocycles. The van der Waals surface area contributed by atoms with Crippen molar-refractivity contribution in [3.05, 3.63) is 64.5 Å². The van der Waals surface area contributed by atoms with Gasteiger partial charge in [0, 0.05) is 18.1 Å². The van der Waals surface area contributed by atoms with E-state index in [9.17, 15) is 4.79 Å². The highest BCUT2D eigenvalue weighted by molar-refractivity contribution is 7.99. The number of rotatable bonds is 5. The van der Waals surface area contributed by atoms with Crippen molar-refractivity contribution < 1.29 is 9.90 Å². The van der Waals surface area contributed by atoms with Crippen LogP contribution in [0.25, 0.3) is 5.69 Å². The van der Waals surface area contributed by atoms with Crippen LogP contribution in [0.15, 0.2) is 58.6 Å². The minimum absolute atomic E-state index is 0.166. The van der Waals surface area contributed by atoms with Crippen LogP contribution in [-0.2, 0) is 6.54 Å². The summed E-state index contributed by atoms with van der Waals surface area (Å²) in [7, 11) is 1.49. The first-order valence-electron chi connectivity index (χ1n) is 7.51. The Balaban J connectivity index is 1.99. The number of hydrogen-bond donors (Lipinski definition) is 1. The zero-order valence-electron chi connectivity index (χ0n) is 13.6. The predicted molar refractivity (Wildman–Crippen MR) is 101 cm³/mol. The molecule has 0 aliphatic heterocycles. The third-order valence-electron chi connectivity index (χ3n) is 3.46. The van der Waals surface area contributed by atoms with Gasteiger partial charge in [-0.1, -0.05) is 47.1 Å². The van der Waals surface area contributed by atoms with Crippen LogP contribution in [0.2, 0.25) is 10.2 Å². The third kappa shape index (κ3) is 4.30. The molecule has 0 unspecified atom stereocenters. The van der Waals surface area contributed by atoms with Gasteiger partial charge >= 0.3 is 6.09 Å². The van der Waals surface area contributed by atoms with Crippen molar-refractivity contribution in [1.82, 2.24) is 19.7 Å². The minimum atomic E-state index is -1.02. The lowest BCUT2D eigenvalue weighted by Gasteiger charge is -2.10. The molecule has 0 saturated carbocycles. The maximum atomic E-state index is 11.1. The molecule has 0 saturated heterocycles. The van der Waals surface area contributed by atoms with Crippen molar-refractivity contribution in [2.75, 3.05) is 7.05 Å². The minimum Gasteiger partial charge on any atom is -0.465 e. The number of para-hydroxylation sites is 1. The Kier molecular flexibility index (Phi) is 5.70. The molecule has 1 N–H and O–H groups in total. The van der Waals surface area contributed by atoms with Gasteiger partial charge in [0.1, 0.15) is 10.2 Å². The quantitative estimate of drug-likeness (QED) is 0.611. The average molecular weight is 409 g/mol. The first kappa shape index (κ1) is 18.6. The van der Waals surface area contributed by atoms with Gasteiger partial charge < -0.3 is 10.0 Å². The molecular weight excluding hydrogens is 395 g/mol. The molecular formula is C17H14Cl2N4O2S. The normalized spacial score (nSPS) is 10.7. The van der Waals surface area contributed by atoms with Crippen LogP contribution < -0.4 is 0 Å². The smallest absolute Gasteiger partial charge is 0.407 e.